The lowest BCUT2D eigenvalue weighted by Gasteiger charge is -2.03. The van der Waals surface area contributed by atoms with E-state index in [2.05, 4.69) is 4.72 Å². The fourth-order valence-corrected chi connectivity index (χ4v) is 2.74. The third kappa shape index (κ3) is 1.07. The second-order valence-electron chi connectivity index (χ2n) is 3.21. The number of halogens is 1. The normalized spacial score (nSPS) is 22.9. The van der Waals surface area contributed by atoms with E-state index < -0.39 is 21.1 Å². The van der Waals surface area contributed by atoms with Crippen LogP contribution in [0, 0.1) is 5.82 Å². The van der Waals surface area contributed by atoms with E-state index in [9.17, 15) is 12.8 Å². The van der Waals surface area contributed by atoms with Crippen molar-refractivity contribution in [2.45, 2.75) is 12.2 Å². The van der Waals surface area contributed by atoms with Gasteiger partial charge in [0.1, 0.15) is 11.1 Å². The van der Waals surface area contributed by atoms with Gasteiger partial charge in [-0.1, -0.05) is 0 Å². The maximum Gasteiger partial charge on any atom is 0.239 e. The maximum absolute atomic E-state index is 13.3. The number of fused-ring (bicyclic) bond motifs is 1. The zero-order chi connectivity index (χ0) is 10.5. The largest absolute Gasteiger partial charge is 0.397 e. The average Bonchev–Trinajstić information content (AvgIpc) is 2.33. The number of nitrogen functional groups attached to an aromatic ring is 1. The van der Waals surface area contributed by atoms with Crippen molar-refractivity contribution in [3.8, 4) is 0 Å². The summed E-state index contributed by atoms with van der Waals surface area (Å²) in [5.41, 5.74) is 6.08. The molecule has 0 amide bonds. The number of anilines is 2. The summed E-state index contributed by atoms with van der Waals surface area (Å²) < 4.78 is 38.3. The Morgan fingerprint density at radius 1 is 1.50 bits per heavy atom. The van der Waals surface area contributed by atoms with Crippen molar-refractivity contribution in [1.29, 1.82) is 0 Å². The first kappa shape index (κ1) is 9.26. The van der Waals surface area contributed by atoms with Crippen LogP contribution in [0.25, 0.3) is 0 Å². The van der Waals surface area contributed by atoms with Crippen molar-refractivity contribution in [2.75, 3.05) is 10.5 Å². The Hall–Kier alpha value is -1.30. The van der Waals surface area contributed by atoms with Gasteiger partial charge in [-0.25, -0.2) is 12.8 Å². The molecule has 0 radical (unpaired) electrons. The Bertz CT molecular complexity index is 498. The van der Waals surface area contributed by atoms with Crippen LogP contribution in [0.4, 0.5) is 15.8 Å². The van der Waals surface area contributed by atoms with Gasteiger partial charge in [-0.15, -0.1) is 0 Å². The van der Waals surface area contributed by atoms with Gasteiger partial charge in [0.15, 0.2) is 0 Å². The molecule has 1 aliphatic rings. The van der Waals surface area contributed by atoms with Gasteiger partial charge in [0.25, 0.3) is 0 Å². The van der Waals surface area contributed by atoms with E-state index in [0.717, 1.165) is 0 Å². The first-order valence-electron chi connectivity index (χ1n) is 4.03. The third-order valence-corrected chi connectivity index (χ3v) is 4.00. The molecule has 1 aliphatic heterocycles. The second-order valence-corrected chi connectivity index (χ2v) is 5.22. The van der Waals surface area contributed by atoms with Gasteiger partial charge in [-0.2, -0.15) is 0 Å². The van der Waals surface area contributed by atoms with E-state index in [0.29, 0.717) is 0 Å². The van der Waals surface area contributed by atoms with E-state index in [1.807, 2.05) is 0 Å². The summed E-state index contributed by atoms with van der Waals surface area (Å²) >= 11 is 0. The number of nitrogens with one attached hydrogen (secondary N) is 1. The van der Waals surface area contributed by atoms with Crippen molar-refractivity contribution in [3.05, 3.63) is 23.5 Å². The van der Waals surface area contributed by atoms with Crippen molar-refractivity contribution >= 4 is 21.4 Å². The Morgan fingerprint density at radius 2 is 2.14 bits per heavy atom. The second kappa shape index (κ2) is 2.60. The van der Waals surface area contributed by atoms with Gasteiger partial charge in [0.2, 0.25) is 10.0 Å². The summed E-state index contributed by atoms with van der Waals surface area (Å²) in [6.07, 6.45) is 0. The first-order chi connectivity index (χ1) is 6.43. The molecule has 1 aromatic carbocycles. The Kier molecular flexibility index (Phi) is 1.72. The van der Waals surface area contributed by atoms with Gasteiger partial charge in [0.05, 0.1) is 11.4 Å². The molecule has 1 aromatic rings. The molecule has 76 valence electrons. The van der Waals surface area contributed by atoms with Gasteiger partial charge < -0.3 is 5.73 Å². The molecule has 0 fully saturated rings. The number of rotatable bonds is 0. The Balaban J connectivity index is 2.76. The summed E-state index contributed by atoms with van der Waals surface area (Å²) in [6.45, 7) is 1.43. The number of sulfonamides is 1. The van der Waals surface area contributed by atoms with Crippen LogP contribution < -0.4 is 10.5 Å². The summed E-state index contributed by atoms with van der Waals surface area (Å²) in [5.74, 6) is -0.546. The van der Waals surface area contributed by atoms with Crippen LogP contribution in [-0.4, -0.2) is 8.42 Å². The molecule has 14 heavy (non-hydrogen) atoms. The average molecular weight is 216 g/mol. The van der Waals surface area contributed by atoms with Crippen molar-refractivity contribution in [1.82, 2.24) is 0 Å². The summed E-state index contributed by atoms with van der Waals surface area (Å²) in [4.78, 5) is 0. The highest BCUT2D eigenvalue weighted by atomic mass is 32.2. The molecule has 6 heteroatoms. The van der Waals surface area contributed by atoms with Gasteiger partial charge in [-0.3, -0.25) is 4.72 Å². The molecule has 1 heterocycles. The lowest BCUT2D eigenvalue weighted by Crippen LogP contribution is -2.10. The van der Waals surface area contributed by atoms with E-state index in [-0.39, 0.29) is 16.9 Å². The zero-order valence-corrected chi connectivity index (χ0v) is 8.23. The van der Waals surface area contributed by atoms with E-state index >= 15 is 0 Å². The fourth-order valence-electron chi connectivity index (χ4n) is 1.51. The maximum atomic E-state index is 13.3. The standard InChI is InChI=1S/C8H9FN2O2S/c1-4-7-5(9)2-3-6(10)8(7)11-14(4,12)13/h2-4,11H,10H2,1H3. The molecule has 3 N–H and O–H groups in total. The minimum absolute atomic E-state index is 0.130. The summed E-state index contributed by atoms with van der Waals surface area (Å²) in [7, 11) is -3.50. The van der Waals surface area contributed by atoms with Crippen molar-refractivity contribution in [3.63, 3.8) is 0 Å². The monoisotopic (exact) mass is 216 g/mol. The zero-order valence-electron chi connectivity index (χ0n) is 7.41. The van der Waals surface area contributed by atoms with E-state index in [1.165, 1.54) is 19.1 Å². The van der Waals surface area contributed by atoms with Crippen LogP contribution in [0.3, 0.4) is 0 Å². The summed E-state index contributed by atoms with van der Waals surface area (Å²) in [6, 6.07) is 2.52. The van der Waals surface area contributed by atoms with E-state index in [1.54, 1.807) is 0 Å². The molecule has 4 nitrogen and oxygen atoms in total. The number of benzene rings is 1. The quantitative estimate of drug-likeness (QED) is 0.640. The molecule has 0 aliphatic carbocycles. The Labute approximate surface area is 81.0 Å². The third-order valence-electron chi connectivity index (χ3n) is 2.34. The first-order valence-corrected chi connectivity index (χ1v) is 5.57. The van der Waals surface area contributed by atoms with Crippen LogP contribution in [-0.2, 0) is 10.0 Å². The number of hydrogen-bond acceptors (Lipinski definition) is 3. The highest BCUT2D eigenvalue weighted by Crippen LogP contribution is 2.41. The predicted molar refractivity (Wildman–Crippen MR) is 51.8 cm³/mol. The van der Waals surface area contributed by atoms with Crippen LogP contribution in [0.2, 0.25) is 0 Å². The lowest BCUT2D eigenvalue weighted by atomic mass is 10.1. The fraction of sp³-hybridized carbons (Fsp3) is 0.250. The topological polar surface area (TPSA) is 72.2 Å². The minimum atomic E-state index is -3.50. The van der Waals surface area contributed by atoms with Gasteiger partial charge in [0, 0.05) is 5.56 Å². The lowest BCUT2D eigenvalue weighted by molar-refractivity contribution is 0.584. The predicted octanol–water partition coefficient (Wildman–Crippen LogP) is 1.22. The molecular weight excluding hydrogens is 207 g/mol. The summed E-state index contributed by atoms with van der Waals surface area (Å²) in [5, 5.41) is -0.888. The molecule has 0 aromatic heterocycles. The molecule has 0 spiro atoms. The van der Waals surface area contributed by atoms with Crippen LogP contribution >= 0.6 is 0 Å². The highest BCUT2D eigenvalue weighted by molar-refractivity contribution is 7.93. The van der Waals surface area contributed by atoms with Crippen LogP contribution in [0.15, 0.2) is 12.1 Å². The number of nitrogens with two attached hydrogens (primary N) is 1. The molecular formula is C8H9FN2O2S. The van der Waals surface area contributed by atoms with Gasteiger partial charge in [-0.05, 0) is 19.1 Å². The Morgan fingerprint density at radius 3 is 2.71 bits per heavy atom. The minimum Gasteiger partial charge on any atom is -0.397 e. The molecule has 0 saturated carbocycles. The van der Waals surface area contributed by atoms with Crippen LogP contribution in [0.5, 0.6) is 0 Å². The van der Waals surface area contributed by atoms with Crippen molar-refractivity contribution < 1.29 is 12.8 Å². The molecule has 1 unspecified atom stereocenters. The van der Waals surface area contributed by atoms with E-state index in [4.69, 9.17) is 5.73 Å². The number of hydrogen-bond donors (Lipinski definition) is 2. The van der Waals surface area contributed by atoms with Gasteiger partial charge >= 0.3 is 0 Å². The SMILES string of the molecule is CC1c2c(F)ccc(N)c2NS1(=O)=O. The molecule has 2 rings (SSSR count). The van der Waals surface area contributed by atoms with Crippen LogP contribution in [0.1, 0.15) is 17.7 Å². The molecule has 0 bridgehead atoms. The molecule has 0 saturated heterocycles. The molecule has 1 atom stereocenters. The highest BCUT2D eigenvalue weighted by Gasteiger charge is 2.36. The van der Waals surface area contributed by atoms with Crippen molar-refractivity contribution in [2.24, 2.45) is 0 Å². The smallest absolute Gasteiger partial charge is 0.239 e.